The van der Waals surface area contributed by atoms with Crippen LogP contribution in [0.1, 0.15) is 42.5 Å². The molecule has 0 spiro atoms. The molecule has 1 N–H and O–H groups in total. The van der Waals surface area contributed by atoms with Gasteiger partial charge in [-0.05, 0) is 59.5 Å². The third kappa shape index (κ3) is 4.03. The second-order valence-corrected chi connectivity index (χ2v) is 8.57. The smallest absolute Gasteiger partial charge is 0.300 e. The molecule has 8 heteroatoms. The number of hydrogen-bond donors (Lipinski definition) is 1. The zero-order valence-corrected chi connectivity index (χ0v) is 19.5. The highest BCUT2D eigenvalue weighted by Gasteiger charge is 2.47. The van der Waals surface area contributed by atoms with Crippen molar-refractivity contribution in [2.24, 2.45) is 0 Å². The summed E-state index contributed by atoms with van der Waals surface area (Å²) in [5.74, 6) is -1.98. The number of pyridine rings is 1. The number of hydrogen-bond acceptors (Lipinski definition) is 5. The summed E-state index contributed by atoms with van der Waals surface area (Å²) in [6.07, 6.45) is 3.07. The summed E-state index contributed by atoms with van der Waals surface area (Å²) >= 11 is 5.96. The lowest BCUT2D eigenvalue weighted by atomic mass is 9.93. The van der Waals surface area contributed by atoms with E-state index in [1.54, 1.807) is 43.6 Å². The molecule has 174 valence electrons. The summed E-state index contributed by atoms with van der Waals surface area (Å²) in [5.41, 5.74) is 1.83. The standard InChI is InChI=1S/C26H22ClFN2O4/c1-14(2)18-11-15(6-9-21(18)34-3)24(31)22-23(16-5-4-10-29-13-16)30(26(33)25(22)32)17-7-8-20(28)19(27)12-17/h4-14,23,31H,1-3H3/b24-22-. The molecule has 2 aromatic carbocycles. The van der Waals surface area contributed by atoms with E-state index in [1.807, 2.05) is 13.8 Å². The molecule has 1 saturated heterocycles. The number of rotatable bonds is 5. The number of ether oxygens (including phenoxy) is 1. The van der Waals surface area contributed by atoms with Gasteiger partial charge >= 0.3 is 0 Å². The molecule has 1 unspecified atom stereocenters. The van der Waals surface area contributed by atoms with E-state index < -0.39 is 23.5 Å². The van der Waals surface area contributed by atoms with Gasteiger partial charge in [-0.15, -0.1) is 0 Å². The number of methoxy groups -OCH3 is 1. The number of benzene rings is 2. The Balaban J connectivity index is 1.94. The van der Waals surface area contributed by atoms with Crippen molar-refractivity contribution < 1.29 is 23.8 Å². The number of ketones is 1. The van der Waals surface area contributed by atoms with Gasteiger partial charge in [0.15, 0.2) is 0 Å². The van der Waals surface area contributed by atoms with Crippen LogP contribution in [-0.2, 0) is 9.59 Å². The van der Waals surface area contributed by atoms with Gasteiger partial charge in [0.2, 0.25) is 0 Å². The minimum absolute atomic E-state index is 0.0839. The van der Waals surface area contributed by atoms with E-state index in [-0.39, 0.29) is 28.0 Å². The Morgan fingerprint density at radius 2 is 1.94 bits per heavy atom. The Hall–Kier alpha value is -3.71. The van der Waals surface area contributed by atoms with Gasteiger partial charge in [0.1, 0.15) is 17.3 Å². The van der Waals surface area contributed by atoms with Gasteiger partial charge in [-0.2, -0.15) is 0 Å². The first-order valence-electron chi connectivity index (χ1n) is 10.6. The van der Waals surface area contributed by atoms with Crippen LogP contribution >= 0.6 is 11.6 Å². The molecular formula is C26H22ClFN2O4. The van der Waals surface area contributed by atoms with E-state index in [2.05, 4.69) is 4.98 Å². The van der Waals surface area contributed by atoms with Crippen molar-refractivity contribution in [3.05, 3.63) is 94.0 Å². The van der Waals surface area contributed by atoms with E-state index in [4.69, 9.17) is 16.3 Å². The highest BCUT2D eigenvalue weighted by Crippen LogP contribution is 2.43. The Morgan fingerprint density at radius 1 is 1.18 bits per heavy atom. The van der Waals surface area contributed by atoms with Crippen LogP contribution < -0.4 is 9.64 Å². The van der Waals surface area contributed by atoms with Crippen LogP contribution in [0.2, 0.25) is 5.02 Å². The van der Waals surface area contributed by atoms with Crippen LogP contribution in [0.5, 0.6) is 5.75 Å². The fourth-order valence-corrected chi connectivity index (χ4v) is 4.25. The number of anilines is 1. The Morgan fingerprint density at radius 3 is 2.56 bits per heavy atom. The normalized spacial score (nSPS) is 17.5. The molecule has 3 aromatic rings. The van der Waals surface area contributed by atoms with E-state index in [0.29, 0.717) is 16.9 Å². The number of carbonyl (C=O) groups is 2. The average Bonchev–Trinajstić information content (AvgIpc) is 3.11. The number of Topliss-reactive ketones (excluding diaryl/α,β-unsaturated/α-hetero) is 1. The van der Waals surface area contributed by atoms with Gasteiger partial charge in [0, 0.05) is 23.6 Å². The maximum atomic E-state index is 13.8. The van der Waals surface area contributed by atoms with Gasteiger partial charge in [0.05, 0.1) is 23.7 Å². The van der Waals surface area contributed by atoms with Crippen LogP contribution in [0.25, 0.3) is 5.76 Å². The lowest BCUT2D eigenvalue weighted by Gasteiger charge is -2.25. The van der Waals surface area contributed by atoms with Crippen LogP contribution in [0.15, 0.2) is 66.5 Å². The first-order chi connectivity index (χ1) is 16.2. The Kier molecular flexibility index (Phi) is 6.39. The lowest BCUT2D eigenvalue weighted by molar-refractivity contribution is -0.132. The molecule has 1 aliphatic rings. The van der Waals surface area contributed by atoms with Crippen molar-refractivity contribution in [3.63, 3.8) is 0 Å². The zero-order valence-electron chi connectivity index (χ0n) is 18.8. The van der Waals surface area contributed by atoms with Crippen LogP contribution in [0.4, 0.5) is 10.1 Å². The second kappa shape index (κ2) is 9.27. The van der Waals surface area contributed by atoms with Gasteiger partial charge in [-0.3, -0.25) is 19.5 Å². The molecule has 0 saturated carbocycles. The van der Waals surface area contributed by atoms with Crippen molar-refractivity contribution in [1.82, 2.24) is 4.98 Å². The quantitative estimate of drug-likeness (QED) is 0.291. The molecule has 4 rings (SSSR count). The summed E-state index contributed by atoms with van der Waals surface area (Å²) in [6.45, 7) is 3.96. The van der Waals surface area contributed by atoms with Gasteiger partial charge in [-0.25, -0.2) is 4.39 Å². The third-order valence-electron chi connectivity index (χ3n) is 5.75. The summed E-state index contributed by atoms with van der Waals surface area (Å²) in [4.78, 5) is 31.7. The molecule has 1 aliphatic heterocycles. The molecule has 34 heavy (non-hydrogen) atoms. The first kappa shape index (κ1) is 23.4. The predicted molar refractivity (Wildman–Crippen MR) is 128 cm³/mol. The van der Waals surface area contributed by atoms with Crippen molar-refractivity contribution >= 4 is 34.7 Å². The van der Waals surface area contributed by atoms with Crippen LogP contribution in [0.3, 0.4) is 0 Å². The molecule has 0 aliphatic carbocycles. The van der Waals surface area contributed by atoms with Crippen molar-refractivity contribution in [2.75, 3.05) is 12.0 Å². The Labute approximate surface area is 201 Å². The maximum absolute atomic E-state index is 13.8. The van der Waals surface area contributed by atoms with E-state index in [9.17, 15) is 19.1 Å². The number of nitrogens with zero attached hydrogens (tertiary/aromatic N) is 2. The van der Waals surface area contributed by atoms with Gasteiger partial charge in [0.25, 0.3) is 11.7 Å². The highest BCUT2D eigenvalue weighted by atomic mass is 35.5. The first-order valence-corrected chi connectivity index (χ1v) is 11.0. The number of carbonyl (C=O) groups excluding carboxylic acids is 2. The molecule has 2 heterocycles. The summed E-state index contributed by atoms with van der Waals surface area (Å²) in [7, 11) is 1.56. The lowest BCUT2D eigenvalue weighted by Crippen LogP contribution is -2.29. The molecule has 1 fully saturated rings. The van der Waals surface area contributed by atoms with Crippen LogP contribution in [0, 0.1) is 5.82 Å². The fourth-order valence-electron chi connectivity index (χ4n) is 4.08. The van der Waals surface area contributed by atoms with Gasteiger partial charge < -0.3 is 9.84 Å². The highest BCUT2D eigenvalue weighted by molar-refractivity contribution is 6.51. The fraction of sp³-hybridized carbons (Fsp3) is 0.192. The molecule has 1 amide bonds. The second-order valence-electron chi connectivity index (χ2n) is 8.17. The molecule has 1 aromatic heterocycles. The average molecular weight is 481 g/mol. The molecule has 0 radical (unpaired) electrons. The minimum Gasteiger partial charge on any atom is -0.507 e. The maximum Gasteiger partial charge on any atom is 0.300 e. The van der Waals surface area contributed by atoms with Crippen LogP contribution in [-0.4, -0.2) is 28.9 Å². The summed E-state index contributed by atoms with van der Waals surface area (Å²) in [6, 6.07) is 11.2. The van der Waals surface area contributed by atoms with E-state index in [0.717, 1.165) is 11.6 Å². The van der Waals surface area contributed by atoms with Crippen molar-refractivity contribution in [2.45, 2.75) is 25.8 Å². The molecular weight excluding hydrogens is 459 g/mol. The summed E-state index contributed by atoms with van der Waals surface area (Å²) < 4.78 is 19.2. The zero-order chi connectivity index (χ0) is 24.6. The third-order valence-corrected chi connectivity index (χ3v) is 6.04. The summed E-state index contributed by atoms with van der Waals surface area (Å²) in [5, 5.41) is 11.1. The predicted octanol–water partition coefficient (Wildman–Crippen LogP) is 5.63. The minimum atomic E-state index is -0.986. The SMILES string of the molecule is COc1ccc(/C(O)=C2/C(=O)C(=O)N(c3ccc(F)c(Cl)c3)C2c2cccnc2)cc1C(C)C. The number of halogens is 2. The molecule has 0 bridgehead atoms. The topological polar surface area (TPSA) is 79.7 Å². The number of aromatic nitrogens is 1. The van der Waals surface area contributed by atoms with Crippen molar-refractivity contribution in [1.29, 1.82) is 0 Å². The largest absolute Gasteiger partial charge is 0.507 e. The number of aliphatic hydroxyl groups excluding tert-OH is 1. The van der Waals surface area contributed by atoms with E-state index in [1.165, 1.54) is 23.2 Å². The number of aliphatic hydroxyl groups is 1. The monoisotopic (exact) mass is 480 g/mol. The van der Waals surface area contributed by atoms with Gasteiger partial charge in [-0.1, -0.05) is 31.5 Å². The Bertz CT molecular complexity index is 1310. The van der Waals surface area contributed by atoms with E-state index >= 15 is 0 Å². The molecule has 1 atom stereocenters. The van der Waals surface area contributed by atoms with Crippen molar-refractivity contribution in [3.8, 4) is 5.75 Å². The number of amides is 1. The molecule has 6 nitrogen and oxygen atoms in total.